The number of aliphatic hydroxyl groups excluding tert-OH is 1. The maximum absolute atomic E-state index is 13.0. The average Bonchev–Trinajstić information content (AvgIpc) is 3.47. The van der Waals surface area contributed by atoms with Crippen molar-refractivity contribution >= 4 is 25.7 Å². The van der Waals surface area contributed by atoms with Gasteiger partial charge in [-0.3, -0.25) is 23.4 Å². The minimum atomic E-state index is -4.78. The van der Waals surface area contributed by atoms with Crippen LogP contribution in [0.5, 0.6) is 0 Å². The van der Waals surface area contributed by atoms with Crippen molar-refractivity contribution in [2.45, 2.75) is 277 Å². The first-order chi connectivity index (χ1) is 40.2. The quantitative estimate of drug-likeness (QED) is 0.0197. The average molecular weight is 1170 g/mol. The monoisotopic (exact) mass is 1160 g/mol. The van der Waals surface area contributed by atoms with Crippen LogP contribution in [0.4, 0.5) is 0 Å². The molecule has 0 radical (unpaired) electrons. The lowest BCUT2D eigenvalue weighted by Gasteiger charge is -2.21. The van der Waals surface area contributed by atoms with Gasteiger partial charge < -0.3 is 24.2 Å². The molecule has 0 bridgehead atoms. The highest BCUT2D eigenvalue weighted by Crippen LogP contribution is 2.43. The number of unbranched alkanes of at least 4 members (excludes halogenated alkanes) is 22. The molecule has 468 valence electrons. The summed E-state index contributed by atoms with van der Waals surface area (Å²) in [5.41, 5.74) is 0. The van der Waals surface area contributed by atoms with Crippen molar-refractivity contribution in [1.29, 1.82) is 0 Å². The summed E-state index contributed by atoms with van der Waals surface area (Å²) in [5, 5.41) is 9.86. The maximum atomic E-state index is 13.0. The number of phosphoric ester groups is 1. The van der Waals surface area contributed by atoms with Crippen LogP contribution in [0.1, 0.15) is 265 Å². The fourth-order valence-corrected chi connectivity index (χ4v) is 9.31. The highest BCUT2D eigenvalue weighted by atomic mass is 31.2. The van der Waals surface area contributed by atoms with Crippen molar-refractivity contribution < 1.29 is 52.2 Å². The Bertz CT molecular complexity index is 1840. The molecular weight excluding hydrogens is 1050 g/mol. The zero-order valence-corrected chi connectivity index (χ0v) is 52.8. The second kappa shape index (κ2) is 62.9. The Balaban J connectivity index is 4.79. The molecule has 12 heteroatoms. The third kappa shape index (κ3) is 60.5. The van der Waals surface area contributed by atoms with E-state index in [0.717, 1.165) is 122 Å². The lowest BCUT2D eigenvalue weighted by Crippen LogP contribution is -2.30. The van der Waals surface area contributed by atoms with Crippen LogP contribution in [0.15, 0.2) is 122 Å². The molecule has 3 atom stereocenters. The van der Waals surface area contributed by atoms with Gasteiger partial charge in [0.1, 0.15) is 12.7 Å². The largest absolute Gasteiger partial charge is 0.472 e. The van der Waals surface area contributed by atoms with Crippen LogP contribution < -0.4 is 0 Å². The molecule has 0 rings (SSSR count). The van der Waals surface area contributed by atoms with Gasteiger partial charge in [-0.1, -0.05) is 258 Å². The number of carbonyl (C=O) groups is 3. The van der Waals surface area contributed by atoms with Crippen LogP contribution >= 0.6 is 7.82 Å². The van der Waals surface area contributed by atoms with Gasteiger partial charge in [-0.15, -0.1) is 0 Å². The van der Waals surface area contributed by atoms with Crippen molar-refractivity contribution in [1.82, 2.24) is 0 Å². The van der Waals surface area contributed by atoms with Crippen LogP contribution in [0.25, 0.3) is 0 Å². The number of allylic oxidation sites excluding steroid dienone is 20. The van der Waals surface area contributed by atoms with Crippen LogP contribution in [0.3, 0.4) is 0 Å². The molecule has 0 saturated carbocycles. The van der Waals surface area contributed by atoms with Crippen molar-refractivity contribution in [3.05, 3.63) is 122 Å². The Kier molecular flexibility index (Phi) is 59.8. The van der Waals surface area contributed by atoms with E-state index in [1.165, 1.54) is 83.5 Å². The molecule has 0 aliphatic rings. The third-order valence-corrected chi connectivity index (χ3v) is 14.3. The number of hydrogen-bond donors (Lipinski definition) is 2. The second-order valence-electron chi connectivity index (χ2n) is 21.2. The molecule has 0 aliphatic carbocycles. The Morgan fingerprint density at radius 1 is 0.354 bits per heavy atom. The number of aliphatic hydroxyl groups is 1. The molecule has 0 aliphatic heterocycles. The van der Waals surface area contributed by atoms with Gasteiger partial charge in [-0.05, 0) is 109 Å². The van der Waals surface area contributed by atoms with Gasteiger partial charge in [0, 0.05) is 19.3 Å². The van der Waals surface area contributed by atoms with Crippen molar-refractivity contribution in [3.63, 3.8) is 0 Å². The van der Waals surface area contributed by atoms with Crippen molar-refractivity contribution in [3.8, 4) is 0 Å². The first kappa shape index (κ1) is 77.9. The Morgan fingerprint density at radius 3 is 0.976 bits per heavy atom. The lowest BCUT2D eigenvalue weighted by atomic mass is 10.0. The van der Waals surface area contributed by atoms with Crippen LogP contribution in [0, 0.1) is 0 Å². The summed E-state index contributed by atoms with van der Waals surface area (Å²) in [6.45, 7) is 4.37. The van der Waals surface area contributed by atoms with E-state index in [1.54, 1.807) is 0 Å². The minimum absolute atomic E-state index is 0.122. The van der Waals surface area contributed by atoms with Gasteiger partial charge in [-0.25, -0.2) is 4.57 Å². The number of ether oxygens (including phenoxy) is 3. The smallest absolute Gasteiger partial charge is 0.462 e. The Hall–Kier alpha value is -4.12. The van der Waals surface area contributed by atoms with Gasteiger partial charge in [0.15, 0.2) is 6.10 Å². The molecule has 0 fully saturated rings. The number of hydrogen-bond acceptors (Lipinski definition) is 10. The lowest BCUT2D eigenvalue weighted by molar-refractivity contribution is -0.161. The fraction of sp³-hybridized carbons (Fsp3) is 0.671. The predicted octanol–water partition coefficient (Wildman–Crippen LogP) is 19.9. The SMILES string of the molecule is CC/C=C\C/C=C\C/C=C\C/C=C\C/C=C\CCCCCC(=O)OC(CO)COP(=O)(O)OCC(COC(=O)CCCCCCCCCCCCCCCCCCC)OC(=O)CCCCC/C=C\C/C=C\C/C=C\C/C=C\C/C=C\CC. The first-order valence-corrected chi connectivity index (χ1v) is 33.9. The fourth-order valence-electron chi connectivity index (χ4n) is 8.53. The molecule has 0 heterocycles. The zero-order valence-electron chi connectivity index (χ0n) is 51.9. The summed E-state index contributed by atoms with van der Waals surface area (Å²) in [6, 6.07) is 0. The van der Waals surface area contributed by atoms with Crippen LogP contribution in [-0.2, 0) is 42.2 Å². The zero-order chi connectivity index (χ0) is 59.8. The van der Waals surface area contributed by atoms with Gasteiger partial charge in [-0.2, -0.15) is 0 Å². The van der Waals surface area contributed by atoms with E-state index in [-0.39, 0.29) is 25.9 Å². The van der Waals surface area contributed by atoms with E-state index < -0.39 is 57.8 Å². The molecule has 0 amide bonds. The van der Waals surface area contributed by atoms with Crippen molar-refractivity contribution in [2.24, 2.45) is 0 Å². The topological polar surface area (TPSA) is 155 Å². The predicted molar refractivity (Wildman–Crippen MR) is 343 cm³/mol. The van der Waals surface area contributed by atoms with E-state index in [4.69, 9.17) is 23.3 Å². The van der Waals surface area contributed by atoms with Crippen LogP contribution in [0.2, 0.25) is 0 Å². The molecule has 2 N–H and O–H groups in total. The molecular formula is C70H117O11P. The van der Waals surface area contributed by atoms with E-state index in [2.05, 4.69) is 142 Å². The van der Waals surface area contributed by atoms with E-state index in [1.807, 2.05) is 0 Å². The molecule has 0 aromatic carbocycles. The summed E-state index contributed by atoms with van der Waals surface area (Å²) in [4.78, 5) is 48.8. The highest BCUT2D eigenvalue weighted by Gasteiger charge is 2.28. The summed E-state index contributed by atoms with van der Waals surface area (Å²) < 4.78 is 39.7. The van der Waals surface area contributed by atoms with Gasteiger partial charge in [0.05, 0.1) is 19.8 Å². The Morgan fingerprint density at radius 2 is 0.634 bits per heavy atom. The second-order valence-corrected chi connectivity index (χ2v) is 22.6. The molecule has 0 aromatic rings. The van der Waals surface area contributed by atoms with Gasteiger partial charge in [0.2, 0.25) is 0 Å². The number of phosphoric acid groups is 1. The maximum Gasteiger partial charge on any atom is 0.472 e. The third-order valence-electron chi connectivity index (χ3n) is 13.4. The molecule has 0 aromatic heterocycles. The molecule has 0 spiro atoms. The van der Waals surface area contributed by atoms with E-state index >= 15 is 0 Å². The minimum Gasteiger partial charge on any atom is -0.462 e. The van der Waals surface area contributed by atoms with Gasteiger partial charge in [0.25, 0.3) is 0 Å². The van der Waals surface area contributed by atoms with E-state index in [9.17, 15) is 28.9 Å². The molecule has 11 nitrogen and oxygen atoms in total. The normalized spacial score (nSPS) is 14.1. The number of rotatable bonds is 59. The van der Waals surface area contributed by atoms with Crippen molar-refractivity contribution in [2.75, 3.05) is 26.4 Å². The first-order valence-electron chi connectivity index (χ1n) is 32.4. The molecule has 3 unspecified atom stereocenters. The summed E-state index contributed by atoms with van der Waals surface area (Å²) >= 11 is 0. The number of esters is 3. The summed E-state index contributed by atoms with van der Waals surface area (Å²) in [7, 11) is -4.78. The highest BCUT2D eigenvalue weighted by molar-refractivity contribution is 7.47. The standard InChI is InChI=1S/C70H117O11P/c1-4-7-10-13-16-19-22-25-28-31-33-36-39-42-45-48-51-54-57-60-69(73)80-66(62-71)64-78-82(75,76)79-65-67(63-77-68(72)59-56-53-50-47-44-41-38-35-30-27-24-21-18-15-12-9-6-3)81-70(74)61-58-55-52-49-46-43-40-37-34-32-29-26-23-20-17-14-11-8-5-2/h7-8,10-11,16-17,19-20,25-26,28-29,33-34,36-37,42-43,45-46,66-67,71H,4-6,9,12-15,18,21-24,27,30-32,35,38-41,44,47-65H2,1-3H3,(H,75,76)/b10-7-,11-8-,19-16-,20-17-,28-25-,29-26-,36-33-,37-34-,45-42-,46-43-. The van der Waals surface area contributed by atoms with E-state index in [0.29, 0.717) is 19.3 Å². The molecule has 0 saturated heterocycles. The van der Waals surface area contributed by atoms with Crippen LogP contribution in [-0.4, -0.2) is 66.5 Å². The van der Waals surface area contributed by atoms with Gasteiger partial charge >= 0.3 is 25.7 Å². The summed E-state index contributed by atoms with van der Waals surface area (Å²) in [6.07, 6.45) is 78.6. The number of carbonyl (C=O) groups excluding carboxylic acids is 3. The summed E-state index contributed by atoms with van der Waals surface area (Å²) in [5.74, 6) is -1.54. The Labute approximate surface area is 500 Å². The molecule has 82 heavy (non-hydrogen) atoms.